The van der Waals surface area contributed by atoms with Crippen LogP contribution in [0.3, 0.4) is 0 Å². The van der Waals surface area contributed by atoms with Gasteiger partial charge in [0, 0.05) is 28.8 Å². The molecule has 0 saturated carbocycles. The van der Waals surface area contributed by atoms with Crippen molar-refractivity contribution in [1.29, 1.82) is 0 Å². The molecule has 1 aliphatic rings. The van der Waals surface area contributed by atoms with Crippen LogP contribution in [0.2, 0.25) is 0 Å². The number of rotatable bonds is 2. The maximum absolute atomic E-state index is 6.16. The summed E-state index contributed by atoms with van der Waals surface area (Å²) in [6.07, 6.45) is 1.32. The Labute approximate surface area is 125 Å². The van der Waals surface area contributed by atoms with E-state index < -0.39 is 0 Å². The van der Waals surface area contributed by atoms with Gasteiger partial charge in [-0.2, -0.15) is 0 Å². The van der Waals surface area contributed by atoms with Gasteiger partial charge in [-0.3, -0.25) is 0 Å². The Kier molecular flexibility index (Phi) is 4.57. The van der Waals surface area contributed by atoms with Crippen LogP contribution in [-0.2, 0) is 0 Å². The first-order valence-corrected chi connectivity index (χ1v) is 8.01. The molecule has 1 saturated heterocycles. The topological polar surface area (TPSA) is 29.3 Å². The summed E-state index contributed by atoms with van der Waals surface area (Å²) in [7, 11) is 0. The number of halogens is 1. The smallest absolute Gasteiger partial charge is 0.0417 e. The first-order valence-electron chi connectivity index (χ1n) is 7.21. The number of hydrogen-bond donors (Lipinski definition) is 1. The quantitative estimate of drug-likeness (QED) is 0.876. The number of piperidine rings is 1. The van der Waals surface area contributed by atoms with Crippen LogP contribution >= 0.6 is 15.9 Å². The number of benzene rings is 1. The van der Waals surface area contributed by atoms with Crippen LogP contribution in [0.4, 0.5) is 5.69 Å². The zero-order valence-electron chi connectivity index (χ0n) is 12.4. The molecular weight excluding hydrogens is 300 g/mol. The average molecular weight is 325 g/mol. The van der Waals surface area contributed by atoms with E-state index in [2.05, 4.69) is 66.7 Å². The molecule has 0 aliphatic carbocycles. The largest absolute Gasteiger partial charge is 0.368 e. The molecule has 0 radical (unpaired) electrons. The second kappa shape index (κ2) is 5.84. The fourth-order valence-electron chi connectivity index (χ4n) is 3.18. The third-order valence-electron chi connectivity index (χ3n) is 4.39. The highest BCUT2D eigenvalue weighted by atomic mass is 79.9. The summed E-state index contributed by atoms with van der Waals surface area (Å²) in [6, 6.07) is 7.14. The molecule has 19 heavy (non-hydrogen) atoms. The number of anilines is 1. The lowest BCUT2D eigenvalue weighted by Crippen LogP contribution is -2.46. The normalized spacial score (nSPS) is 29.4. The van der Waals surface area contributed by atoms with E-state index in [9.17, 15) is 0 Å². The highest BCUT2D eigenvalue weighted by Gasteiger charge is 2.30. The Morgan fingerprint density at radius 3 is 2.63 bits per heavy atom. The van der Waals surface area contributed by atoms with Gasteiger partial charge in [0.05, 0.1) is 0 Å². The summed E-state index contributed by atoms with van der Waals surface area (Å²) in [5.41, 5.74) is 8.71. The molecule has 1 aliphatic heterocycles. The summed E-state index contributed by atoms with van der Waals surface area (Å²) in [6.45, 7) is 10.2. The molecule has 2 N–H and O–H groups in total. The third kappa shape index (κ3) is 3.14. The fraction of sp³-hybridized carbons (Fsp3) is 0.625. The minimum atomic E-state index is 0.0623. The summed E-state index contributed by atoms with van der Waals surface area (Å²) in [5.74, 6) is 1.48. The van der Waals surface area contributed by atoms with Crippen LogP contribution in [0.25, 0.3) is 0 Å². The second-order valence-corrected chi connectivity index (χ2v) is 7.12. The van der Waals surface area contributed by atoms with E-state index in [1.807, 2.05) is 0 Å². The first kappa shape index (κ1) is 14.9. The number of nitrogens with two attached hydrogens (primary N) is 1. The van der Waals surface area contributed by atoms with Gasteiger partial charge in [0.2, 0.25) is 0 Å². The van der Waals surface area contributed by atoms with Crippen molar-refractivity contribution in [2.24, 2.45) is 17.6 Å². The highest BCUT2D eigenvalue weighted by molar-refractivity contribution is 9.10. The molecule has 106 valence electrons. The molecule has 2 rings (SSSR count). The predicted octanol–water partition coefficient (Wildman–Crippen LogP) is 4.34. The lowest BCUT2D eigenvalue weighted by atomic mass is 9.85. The standard InChI is InChI=1S/C16H25BrN2/c1-10-7-11(2)13(4)19(9-10)16-6-5-14(17)8-15(16)12(3)18/h5-6,8,10-13H,7,9,18H2,1-4H3. The average Bonchev–Trinajstić information content (AvgIpc) is 2.34. The van der Waals surface area contributed by atoms with E-state index in [-0.39, 0.29) is 6.04 Å². The maximum atomic E-state index is 6.16. The van der Waals surface area contributed by atoms with Gasteiger partial charge in [-0.05, 0) is 55.9 Å². The predicted molar refractivity (Wildman–Crippen MR) is 86.5 cm³/mol. The molecule has 0 spiro atoms. The second-order valence-electron chi connectivity index (χ2n) is 6.20. The lowest BCUT2D eigenvalue weighted by Gasteiger charge is -2.43. The zero-order valence-corrected chi connectivity index (χ0v) is 13.9. The van der Waals surface area contributed by atoms with Crippen LogP contribution in [0, 0.1) is 11.8 Å². The van der Waals surface area contributed by atoms with Crippen LogP contribution < -0.4 is 10.6 Å². The van der Waals surface area contributed by atoms with Gasteiger partial charge in [0.25, 0.3) is 0 Å². The number of nitrogens with zero attached hydrogens (tertiary/aromatic N) is 1. The van der Waals surface area contributed by atoms with Crippen molar-refractivity contribution in [3.05, 3.63) is 28.2 Å². The Morgan fingerprint density at radius 1 is 1.32 bits per heavy atom. The molecule has 2 nitrogen and oxygen atoms in total. The van der Waals surface area contributed by atoms with E-state index >= 15 is 0 Å². The number of hydrogen-bond acceptors (Lipinski definition) is 2. The van der Waals surface area contributed by atoms with Crippen LogP contribution in [-0.4, -0.2) is 12.6 Å². The Balaban J connectivity index is 2.39. The molecule has 0 amide bonds. The van der Waals surface area contributed by atoms with Crippen molar-refractivity contribution in [2.75, 3.05) is 11.4 Å². The van der Waals surface area contributed by atoms with Gasteiger partial charge in [0.1, 0.15) is 0 Å². The van der Waals surface area contributed by atoms with Crippen LogP contribution in [0.1, 0.15) is 45.7 Å². The van der Waals surface area contributed by atoms with Crippen molar-refractivity contribution < 1.29 is 0 Å². The zero-order chi connectivity index (χ0) is 14.2. The molecule has 3 heteroatoms. The Bertz CT molecular complexity index is 444. The monoisotopic (exact) mass is 324 g/mol. The molecule has 1 aromatic rings. The summed E-state index contributed by atoms with van der Waals surface area (Å²) >= 11 is 3.55. The van der Waals surface area contributed by atoms with E-state index in [1.54, 1.807) is 0 Å². The highest BCUT2D eigenvalue weighted by Crippen LogP contribution is 2.36. The van der Waals surface area contributed by atoms with Crippen molar-refractivity contribution in [3.63, 3.8) is 0 Å². The molecule has 1 heterocycles. The summed E-state index contributed by atoms with van der Waals surface area (Å²) in [5, 5.41) is 0. The van der Waals surface area contributed by atoms with Gasteiger partial charge in [-0.1, -0.05) is 29.8 Å². The minimum Gasteiger partial charge on any atom is -0.368 e. The molecule has 4 unspecified atom stereocenters. The molecule has 1 aromatic carbocycles. The van der Waals surface area contributed by atoms with E-state index in [0.29, 0.717) is 6.04 Å². The van der Waals surface area contributed by atoms with Gasteiger partial charge < -0.3 is 10.6 Å². The van der Waals surface area contributed by atoms with E-state index in [4.69, 9.17) is 5.73 Å². The van der Waals surface area contributed by atoms with Gasteiger partial charge in [-0.15, -0.1) is 0 Å². The molecule has 1 fully saturated rings. The van der Waals surface area contributed by atoms with Crippen molar-refractivity contribution >= 4 is 21.6 Å². The van der Waals surface area contributed by atoms with Crippen molar-refractivity contribution in [1.82, 2.24) is 0 Å². The molecule has 4 atom stereocenters. The Morgan fingerprint density at radius 2 is 2.00 bits per heavy atom. The van der Waals surface area contributed by atoms with Gasteiger partial charge in [0.15, 0.2) is 0 Å². The SMILES string of the molecule is CC1CC(C)C(C)N(c2ccc(Br)cc2C(C)N)C1. The van der Waals surface area contributed by atoms with Crippen molar-refractivity contribution in [3.8, 4) is 0 Å². The minimum absolute atomic E-state index is 0.0623. The van der Waals surface area contributed by atoms with E-state index in [0.717, 1.165) is 22.9 Å². The summed E-state index contributed by atoms with van der Waals surface area (Å²) in [4.78, 5) is 2.55. The van der Waals surface area contributed by atoms with Gasteiger partial charge in [-0.25, -0.2) is 0 Å². The summed E-state index contributed by atoms with van der Waals surface area (Å²) < 4.78 is 1.11. The lowest BCUT2D eigenvalue weighted by molar-refractivity contribution is 0.296. The fourth-order valence-corrected chi connectivity index (χ4v) is 3.56. The molecule has 0 aromatic heterocycles. The van der Waals surface area contributed by atoms with Gasteiger partial charge >= 0.3 is 0 Å². The van der Waals surface area contributed by atoms with Crippen LogP contribution in [0.15, 0.2) is 22.7 Å². The maximum Gasteiger partial charge on any atom is 0.0417 e. The molecule has 0 bridgehead atoms. The third-order valence-corrected chi connectivity index (χ3v) is 4.88. The molecular formula is C16H25BrN2. The first-order chi connectivity index (χ1) is 8.90. The van der Waals surface area contributed by atoms with Crippen molar-refractivity contribution in [2.45, 2.75) is 46.2 Å². The van der Waals surface area contributed by atoms with E-state index in [1.165, 1.54) is 17.7 Å². The Hall–Kier alpha value is -0.540. The van der Waals surface area contributed by atoms with Crippen LogP contribution in [0.5, 0.6) is 0 Å².